The minimum absolute atomic E-state index is 0.0392. The van der Waals surface area contributed by atoms with Crippen molar-refractivity contribution in [1.82, 2.24) is 4.98 Å². The third kappa shape index (κ3) is 2.55. The summed E-state index contributed by atoms with van der Waals surface area (Å²) < 4.78 is 37.0. The molecule has 0 saturated heterocycles. The van der Waals surface area contributed by atoms with Crippen LogP contribution < -0.4 is 0 Å². The quantitative estimate of drug-likeness (QED) is 0.831. The van der Waals surface area contributed by atoms with Crippen LogP contribution in [0.25, 0.3) is 0 Å². The Balaban J connectivity index is 2.12. The Bertz CT molecular complexity index is 363. The molecule has 6 heteroatoms. The zero-order chi connectivity index (χ0) is 11.8. The van der Waals surface area contributed by atoms with Gasteiger partial charge in [-0.2, -0.15) is 13.2 Å². The fourth-order valence-electron chi connectivity index (χ4n) is 2.03. The van der Waals surface area contributed by atoms with E-state index in [0.29, 0.717) is 22.6 Å². The zero-order valence-electron chi connectivity index (χ0n) is 8.50. The van der Waals surface area contributed by atoms with Gasteiger partial charge in [0.2, 0.25) is 0 Å². The summed E-state index contributed by atoms with van der Waals surface area (Å²) in [7, 11) is 0. The van der Waals surface area contributed by atoms with Crippen molar-refractivity contribution in [2.24, 2.45) is 0 Å². The van der Waals surface area contributed by atoms with E-state index in [1.807, 2.05) is 0 Å². The van der Waals surface area contributed by atoms with Crippen LogP contribution >= 0.6 is 11.3 Å². The molecule has 1 aromatic rings. The lowest BCUT2D eigenvalue weighted by Gasteiger charge is -2.24. The van der Waals surface area contributed by atoms with E-state index in [-0.39, 0.29) is 12.0 Å². The van der Waals surface area contributed by atoms with Crippen molar-refractivity contribution in [3.8, 4) is 0 Å². The molecule has 1 aliphatic rings. The van der Waals surface area contributed by atoms with Gasteiger partial charge in [-0.1, -0.05) is 6.42 Å². The van der Waals surface area contributed by atoms with Crippen molar-refractivity contribution in [1.29, 1.82) is 0 Å². The van der Waals surface area contributed by atoms with Gasteiger partial charge in [0, 0.05) is 11.1 Å². The van der Waals surface area contributed by atoms with E-state index in [2.05, 4.69) is 4.98 Å². The van der Waals surface area contributed by atoms with E-state index < -0.39 is 11.2 Å². The molecule has 0 bridgehead atoms. The standard InChI is InChI=1S/C10H12F3NOS/c11-10(12,13)9-14-5-8(16-9)6-2-1-3-7(15)4-6/h5-7,15H,1-4H2. The summed E-state index contributed by atoms with van der Waals surface area (Å²) in [4.78, 5) is 4.04. The molecule has 2 rings (SSSR count). The van der Waals surface area contributed by atoms with Crippen LogP contribution in [-0.4, -0.2) is 16.2 Å². The Hall–Kier alpha value is -0.620. The van der Waals surface area contributed by atoms with E-state index in [4.69, 9.17) is 0 Å². The highest BCUT2D eigenvalue weighted by Gasteiger charge is 2.35. The van der Waals surface area contributed by atoms with Gasteiger partial charge in [0.15, 0.2) is 5.01 Å². The summed E-state index contributed by atoms with van der Waals surface area (Å²) in [5, 5.41) is 8.68. The lowest BCUT2D eigenvalue weighted by Crippen LogP contribution is -2.17. The van der Waals surface area contributed by atoms with Crippen molar-refractivity contribution >= 4 is 11.3 Å². The molecule has 16 heavy (non-hydrogen) atoms. The van der Waals surface area contributed by atoms with Crippen LogP contribution in [-0.2, 0) is 6.18 Å². The van der Waals surface area contributed by atoms with Gasteiger partial charge in [0.25, 0.3) is 0 Å². The average Bonchev–Trinajstić information content (AvgIpc) is 2.65. The summed E-state index contributed by atoms with van der Waals surface area (Å²) in [6.45, 7) is 0. The summed E-state index contributed by atoms with van der Waals surface area (Å²) in [6, 6.07) is 0. The number of aliphatic hydroxyl groups excluding tert-OH is 1. The van der Waals surface area contributed by atoms with E-state index in [1.165, 1.54) is 6.20 Å². The second-order valence-electron chi connectivity index (χ2n) is 4.08. The molecule has 2 nitrogen and oxygen atoms in total. The molecule has 1 saturated carbocycles. The molecular formula is C10H12F3NOS. The lowest BCUT2D eigenvalue weighted by atomic mass is 9.87. The van der Waals surface area contributed by atoms with Crippen molar-refractivity contribution in [3.05, 3.63) is 16.1 Å². The summed E-state index contributed by atoms with van der Waals surface area (Å²) in [5.41, 5.74) is 0. The molecular weight excluding hydrogens is 239 g/mol. The first kappa shape index (κ1) is 11.9. The Morgan fingerprint density at radius 3 is 2.69 bits per heavy atom. The molecule has 1 aromatic heterocycles. The Morgan fingerprint density at radius 1 is 1.38 bits per heavy atom. The highest BCUT2D eigenvalue weighted by Crippen LogP contribution is 2.39. The largest absolute Gasteiger partial charge is 0.443 e. The van der Waals surface area contributed by atoms with Gasteiger partial charge < -0.3 is 5.11 Å². The lowest BCUT2D eigenvalue weighted by molar-refractivity contribution is -0.137. The molecule has 0 spiro atoms. The van der Waals surface area contributed by atoms with E-state index in [0.717, 1.165) is 19.3 Å². The molecule has 0 radical (unpaired) electrons. The maximum absolute atomic E-state index is 12.3. The second kappa shape index (κ2) is 4.33. The third-order valence-electron chi connectivity index (χ3n) is 2.81. The Labute approximate surface area is 95.1 Å². The van der Waals surface area contributed by atoms with Crippen molar-refractivity contribution in [2.45, 2.75) is 43.9 Å². The molecule has 1 aliphatic carbocycles. The molecule has 1 fully saturated rings. The third-order valence-corrected chi connectivity index (χ3v) is 4.02. The Kier molecular flexibility index (Phi) is 3.21. The van der Waals surface area contributed by atoms with Crippen LogP contribution in [0.2, 0.25) is 0 Å². The van der Waals surface area contributed by atoms with Crippen LogP contribution in [0.15, 0.2) is 6.20 Å². The van der Waals surface area contributed by atoms with Crippen molar-refractivity contribution in [3.63, 3.8) is 0 Å². The second-order valence-corrected chi connectivity index (χ2v) is 5.15. The highest BCUT2D eigenvalue weighted by atomic mass is 32.1. The van der Waals surface area contributed by atoms with Crippen LogP contribution in [0, 0.1) is 0 Å². The number of aromatic nitrogens is 1. The van der Waals surface area contributed by atoms with Gasteiger partial charge in [-0.15, -0.1) is 11.3 Å². The van der Waals surface area contributed by atoms with Gasteiger partial charge in [-0.3, -0.25) is 0 Å². The maximum Gasteiger partial charge on any atom is 0.443 e. The van der Waals surface area contributed by atoms with Crippen molar-refractivity contribution < 1.29 is 18.3 Å². The van der Waals surface area contributed by atoms with Gasteiger partial charge in [-0.05, 0) is 25.2 Å². The first-order valence-corrected chi connectivity index (χ1v) is 5.99. The van der Waals surface area contributed by atoms with Crippen LogP contribution in [0.5, 0.6) is 0 Å². The van der Waals surface area contributed by atoms with Crippen LogP contribution in [0.1, 0.15) is 41.5 Å². The SMILES string of the molecule is OC1CCCC(c2cnc(C(F)(F)F)s2)C1. The number of thiazole rings is 1. The van der Waals surface area contributed by atoms with Gasteiger partial charge >= 0.3 is 6.18 Å². The summed E-state index contributed by atoms with van der Waals surface area (Å²) in [5.74, 6) is 0.0392. The first-order chi connectivity index (χ1) is 7.47. The maximum atomic E-state index is 12.3. The molecule has 0 aromatic carbocycles. The average molecular weight is 251 g/mol. The minimum Gasteiger partial charge on any atom is -0.393 e. The fourth-order valence-corrected chi connectivity index (χ4v) is 2.96. The van der Waals surface area contributed by atoms with Crippen molar-refractivity contribution in [2.75, 3.05) is 0 Å². The molecule has 2 unspecified atom stereocenters. The van der Waals surface area contributed by atoms with Gasteiger partial charge in [0.1, 0.15) is 0 Å². The van der Waals surface area contributed by atoms with Crippen LogP contribution in [0.3, 0.4) is 0 Å². The predicted molar refractivity (Wildman–Crippen MR) is 54.3 cm³/mol. The number of aliphatic hydroxyl groups is 1. The minimum atomic E-state index is -4.35. The number of nitrogens with zero attached hydrogens (tertiary/aromatic N) is 1. The molecule has 0 aliphatic heterocycles. The number of alkyl halides is 3. The smallest absolute Gasteiger partial charge is 0.393 e. The highest BCUT2D eigenvalue weighted by molar-refractivity contribution is 7.11. The Morgan fingerprint density at radius 2 is 2.12 bits per heavy atom. The molecule has 1 N–H and O–H groups in total. The van der Waals surface area contributed by atoms with Gasteiger partial charge in [-0.25, -0.2) is 4.98 Å². The fraction of sp³-hybridized carbons (Fsp3) is 0.700. The zero-order valence-corrected chi connectivity index (χ0v) is 9.31. The van der Waals surface area contributed by atoms with E-state index >= 15 is 0 Å². The number of halogens is 3. The molecule has 2 atom stereocenters. The van der Waals surface area contributed by atoms with E-state index in [9.17, 15) is 18.3 Å². The monoisotopic (exact) mass is 251 g/mol. The molecule has 1 heterocycles. The molecule has 0 amide bonds. The van der Waals surface area contributed by atoms with Gasteiger partial charge in [0.05, 0.1) is 6.10 Å². The number of hydrogen-bond donors (Lipinski definition) is 1. The topological polar surface area (TPSA) is 33.1 Å². The summed E-state index contributed by atoms with van der Waals surface area (Å²) >= 11 is 0.701. The van der Waals surface area contributed by atoms with E-state index in [1.54, 1.807) is 0 Å². The summed E-state index contributed by atoms with van der Waals surface area (Å²) in [6.07, 6.45) is -0.412. The number of rotatable bonds is 1. The van der Waals surface area contributed by atoms with Crippen LogP contribution in [0.4, 0.5) is 13.2 Å². The predicted octanol–water partition coefficient (Wildman–Crippen LogP) is 3.18. The first-order valence-electron chi connectivity index (χ1n) is 5.18. The molecule has 90 valence electrons. The normalized spacial score (nSPS) is 27.0. The number of hydrogen-bond acceptors (Lipinski definition) is 3.